The van der Waals surface area contributed by atoms with Crippen molar-refractivity contribution < 1.29 is 4.79 Å². The minimum atomic E-state index is -0.102. The first-order valence-corrected chi connectivity index (χ1v) is 8.43. The minimum Gasteiger partial charge on any atom is -0.304 e. The Morgan fingerprint density at radius 1 is 1.12 bits per heavy atom. The molecule has 1 aliphatic rings. The van der Waals surface area contributed by atoms with Crippen LogP contribution >= 0.6 is 12.4 Å². The number of halogens is 1. The highest BCUT2D eigenvalue weighted by atomic mass is 35.5. The molecule has 1 saturated heterocycles. The maximum Gasteiger partial charge on any atom is 0.183 e. The summed E-state index contributed by atoms with van der Waals surface area (Å²) in [6.07, 6.45) is 1.92. The second-order valence-electron chi connectivity index (χ2n) is 6.82. The molecule has 3 heterocycles. The van der Waals surface area contributed by atoms with Crippen LogP contribution in [-0.2, 0) is 0 Å². The third-order valence-corrected chi connectivity index (χ3v) is 4.83. The van der Waals surface area contributed by atoms with Crippen LogP contribution in [0.4, 0.5) is 0 Å². The van der Waals surface area contributed by atoms with Crippen LogP contribution in [0.5, 0.6) is 0 Å². The van der Waals surface area contributed by atoms with Gasteiger partial charge in [-0.1, -0.05) is 19.9 Å². The molecule has 1 aliphatic heterocycles. The van der Waals surface area contributed by atoms with Gasteiger partial charge in [0.1, 0.15) is 0 Å². The number of piperazine rings is 1. The highest BCUT2D eigenvalue weighted by Crippen LogP contribution is 2.25. The number of rotatable bonds is 4. The number of pyridine rings is 1. The summed E-state index contributed by atoms with van der Waals surface area (Å²) in [7, 11) is 2.13. The molecule has 2 aromatic rings. The van der Waals surface area contributed by atoms with Gasteiger partial charge < -0.3 is 4.90 Å². The van der Waals surface area contributed by atoms with Gasteiger partial charge in [0.2, 0.25) is 0 Å². The zero-order valence-electron chi connectivity index (χ0n) is 14.9. The third-order valence-electron chi connectivity index (χ3n) is 4.83. The first-order valence-electron chi connectivity index (χ1n) is 8.43. The van der Waals surface area contributed by atoms with Crippen molar-refractivity contribution in [1.82, 2.24) is 19.4 Å². The van der Waals surface area contributed by atoms with Gasteiger partial charge in [0.25, 0.3) is 0 Å². The van der Waals surface area contributed by atoms with Crippen LogP contribution in [0.15, 0.2) is 24.4 Å². The second kappa shape index (κ2) is 7.64. The van der Waals surface area contributed by atoms with Crippen LogP contribution in [0.1, 0.15) is 42.7 Å². The van der Waals surface area contributed by atoms with Gasteiger partial charge in [-0.3, -0.25) is 9.69 Å². The first kappa shape index (κ1) is 18.9. The molecule has 1 fully saturated rings. The van der Waals surface area contributed by atoms with E-state index in [1.165, 1.54) is 0 Å². The molecule has 1 atom stereocenters. The predicted molar refractivity (Wildman–Crippen MR) is 99.4 cm³/mol. The minimum absolute atomic E-state index is 0. The Morgan fingerprint density at radius 2 is 1.79 bits per heavy atom. The van der Waals surface area contributed by atoms with E-state index >= 15 is 0 Å². The molecule has 0 aliphatic carbocycles. The average Bonchev–Trinajstić information content (AvgIpc) is 2.94. The van der Waals surface area contributed by atoms with E-state index in [0.29, 0.717) is 0 Å². The summed E-state index contributed by atoms with van der Waals surface area (Å²) in [5.74, 6) is 0.424. The third kappa shape index (κ3) is 3.48. The average molecular weight is 351 g/mol. The highest BCUT2D eigenvalue weighted by molar-refractivity contribution is 6.06. The quantitative estimate of drug-likeness (QED) is 0.795. The van der Waals surface area contributed by atoms with Crippen molar-refractivity contribution in [2.24, 2.45) is 0 Å². The van der Waals surface area contributed by atoms with Gasteiger partial charge in [0, 0.05) is 32.4 Å². The molecule has 0 bridgehead atoms. The smallest absolute Gasteiger partial charge is 0.183 e. The summed E-state index contributed by atoms with van der Waals surface area (Å²) in [5, 5.41) is 4.64. The number of nitrogens with zero attached hydrogens (tertiary/aromatic N) is 4. The fraction of sp³-hybridized carbons (Fsp3) is 0.556. The monoisotopic (exact) mass is 350 g/mol. The number of hydrogen-bond acceptors (Lipinski definition) is 4. The summed E-state index contributed by atoms with van der Waals surface area (Å²) in [4.78, 5) is 17.8. The summed E-state index contributed by atoms with van der Waals surface area (Å²) < 4.78 is 1.83. The Morgan fingerprint density at radius 3 is 2.42 bits per heavy atom. The summed E-state index contributed by atoms with van der Waals surface area (Å²) in [6.45, 7) is 10.1. The number of carbonyl (C=O) groups excluding carboxylic acids is 1. The highest BCUT2D eigenvalue weighted by Gasteiger charge is 2.30. The predicted octanol–water partition coefficient (Wildman–Crippen LogP) is 2.70. The van der Waals surface area contributed by atoms with E-state index in [1.54, 1.807) is 0 Å². The zero-order chi connectivity index (χ0) is 16.6. The lowest BCUT2D eigenvalue weighted by Crippen LogP contribution is -2.50. The van der Waals surface area contributed by atoms with Crippen LogP contribution in [0.25, 0.3) is 5.52 Å². The van der Waals surface area contributed by atoms with Crippen LogP contribution < -0.4 is 0 Å². The molecule has 6 heteroatoms. The zero-order valence-corrected chi connectivity index (χ0v) is 15.7. The van der Waals surface area contributed by atoms with Crippen LogP contribution in [-0.4, -0.2) is 64.5 Å². The van der Waals surface area contributed by atoms with Crippen molar-refractivity contribution in [1.29, 1.82) is 0 Å². The van der Waals surface area contributed by atoms with E-state index < -0.39 is 0 Å². The molecule has 0 saturated carbocycles. The molecule has 5 nitrogen and oxygen atoms in total. The number of carbonyl (C=O) groups is 1. The van der Waals surface area contributed by atoms with E-state index in [9.17, 15) is 4.79 Å². The van der Waals surface area contributed by atoms with Crippen molar-refractivity contribution in [2.75, 3.05) is 33.2 Å². The Kier molecular flexibility index (Phi) is 6.01. The molecular weight excluding hydrogens is 324 g/mol. The Balaban J connectivity index is 0.00000208. The van der Waals surface area contributed by atoms with Crippen molar-refractivity contribution in [2.45, 2.75) is 32.7 Å². The molecule has 132 valence electrons. The lowest BCUT2D eigenvalue weighted by atomic mass is 9.97. The summed E-state index contributed by atoms with van der Waals surface area (Å²) in [5.41, 5.74) is 2.62. The van der Waals surface area contributed by atoms with Gasteiger partial charge in [-0.15, -0.1) is 12.4 Å². The Bertz CT molecular complexity index is 704. The normalized spacial score (nSPS) is 17.9. The van der Waals surface area contributed by atoms with Gasteiger partial charge in [0.15, 0.2) is 5.78 Å². The van der Waals surface area contributed by atoms with E-state index in [-0.39, 0.29) is 30.2 Å². The van der Waals surface area contributed by atoms with Gasteiger partial charge in [0.05, 0.1) is 22.8 Å². The lowest BCUT2D eigenvalue weighted by molar-refractivity contribution is 0.0738. The Labute approximate surface area is 150 Å². The molecule has 0 amide bonds. The summed E-state index contributed by atoms with van der Waals surface area (Å²) in [6, 6.07) is 5.80. The largest absolute Gasteiger partial charge is 0.304 e. The van der Waals surface area contributed by atoms with Crippen LogP contribution in [0.3, 0.4) is 0 Å². The van der Waals surface area contributed by atoms with E-state index in [0.717, 1.165) is 43.0 Å². The van der Waals surface area contributed by atoms with Gasteiger partial charge in [-0.25, -0.2) is 4.52 Å². The number of Topliss-reactive ketones (excluding diaryl/α,β-unsaturated/α-hetero) is 1. The Hall–Kier alpha value is -1.43. The van der Waals surface area contributed by atoms with Crippen molar-refractivity contribution in [3.63, 3.8) is 0 Å². The first-order chi connectivity index (χ1) is 11.0. The molecule has 1 unspecified atom stereocenters. The van der Waals surface area contributed by atoms with Crippen LogP contribution in [0.2, 0.25) is 0 Å². The van der Waals surface area contributed by atoms with E-state index in [4.69, 9.17) is 0 Å². The lowest BCUT2D eigenvalue weighted by Gasteiger charge is -2.35. The van der Waals surface area contributed by atoms with Crippen molar-refractivity contribution in [3.05, 3.63) is 35.7 Å². The molecule has 2 aromatic heterocycles. The van der Waals surface area contributed by atoms with E-state index in [1.807, 2.05) is 35.8 Å². The molecule has 0 spiro atoms. The van der Waals surface area contributed by atoms with Gasteiger partial charge >= 0.3 is 0 Å². The number of hydrogen-bond donors (Lipinski definition) is 0. The molecule has 0 aromatic carbocycles. The van der Waals surface area contributed by atoms with Gasteiger partial charge in [-0.2, -0.15) is 5.10 Å². The fourth-order valence-corrected chi connectivity index (χ4v) is 3.26. The molecule has 24 heavy (non-hydrogen) atoms. The van der Waals surface area contributed by atoms with Crippen molar-refractivity contribution >= 4 is 23.7 Å². The van der Waals surface area contributed by atoms with Gasteiger partial charge in [-0.05, 0) is 32.0 Å². The van der Waals surface area contributed by atoms with E-state index in [2.05, 4.69) is 35.8 Å². The molecule has 0 radical (unpaired) electrons. The second-order valence-corrected chi connectivity index (χ2v) is 6.82. The molecular formula is C18H27ClN4O. The number of likely N-dealkylation sites (N-methyl/N-ethyl adjacent to an activating group) is 1. The van der Waals surface area contributed by atoms with Crippen LogP contribution in [0, 0.1) is 0 Å². The summed E-state index contributed by atoms with van der Waals surface area (Å²) >= 11 is 0. The topological polar surface area (TPSA) is 40.9 Å². The standard InChI is InChI=1S/C18H26N4O.ClH/c1-13(2)17-16(15-7-5-6-8-22(15)19-17)18(23)14(3)21-11-9-20(4)10-12-21;/h5-8,13-14H,9-12H2,1-4H3;1H. The number of ketones is 1. The van der Waals surface area contributed by atoms with Crippen molar-refractivity contribution in [3.8, 4) is 0 Å². The molecule has 0 N–H and O–H groups in total. The number of fused-ring (bicyclic) bond motifs is 1. The maximum absolute atomic E-state index is 13.2. The fourth-order valence-electron chi connectivity index (χ4n) is 3.26. The molecule has 3 rings (SSSR count). The maximum atomic E-state index is 13.2. The number of aromatic nitrogens is 2. The SMILES string of the molecule is CC(C)c1nn2ccccc2c1C(=O)C(C)N1CCN(C)CC1.Cl.